The third-order valence-electron chi connectivity index (χ3n) is 9.19. The molecule has 55 heavy (non-hydrogen) atoms. The number of carbonyl (C=O) groups is 2. The standard InChI is InChI=1S/C45H82NO8P/c1-3-5-7-9-11-13-15-17-19-21-23-25-27-29-31-33-35-37-44(47)51-41-43(42-53-55(49,50)52-40-39-46)54-45(48)38-36-34-32-30-28-26-24-22-20-18-16-14-12-10-8-6-4-2/h17-20,24,26,30,32,43H,3-16,21-23,25,27-29,31,33-42,46H2,1-2H3,(H,49,50)/b19-17+,20-18+,26-24+,32-30+/t43-/m1/s1. The summed E-state index contributed by atoms with van der Waals surface area (Å²) in [7, 11) is -4.39. The Hall–Kier alpha value is -2.03. The molecule has 3 N–H and O–H groups in total. The molecule has 0 radical (unpaired) electrons. The van der Waals surface area contributed by atoms with Crippen molar-refractivity contribution in [1.29, 1.82) is 0 Å². The molecule has 2 atom stereocenters. The molecule has 0 amide bonds. The van der Waals surface area contributed by atoms with Crippen molar-refractivity contribution in [1.82, 2.24) is 0 Å². The topological polar surface area (TPSA) is 134 Å². The number of ether oxygens (including phenoxy) is 2. The summed E-state index contributed by atoms with van der Waals surface area (Å²) in [4.78, 5) is 34.8. The molecule has 0 aromatic heterocycles. The van der Waals surface area contributed by atoms with Crippen LogP contribution in [-0.2, 0) is 32.7 Å². The van der Waals surface area contributed by atoms with Crippen molar-refractivity contribution in [2.45, 2.75) is 200 Å². The van der Waals surface area contributed by atoms with Gasteiger partial charge in [-0.15, -0.1) is 0 Å². The second-order valence-corrected chi connectivity index (χ2v) is 16.0. The summed E-state index contributed by atoms with van der Waals surface area (Å²) >= 11 is 0. The molecule has 0 spiro atoms. The monoisotopic (exact) mass is 796 g/mol. The van der Waals surface area contributed by atoms with Gasteiger partial charge in [-0.2, -0.15) is 0 Å². The van der Waals surface area contributed by atoms with Crippen LogP contribution in [-0.4, -0.2) is 49.3 Å². The zero-order valence-electron chi connectivity index (χ0n) is 35.2. The van der Waals surface area contributed by atoms with E-state index in [1.807, 2.05) is 6.08 Å². The van der Waals surface area contributed by atoms with E-state index in [1.54, 1.807) is 0 Å². The molecule has 0 aliphatic carbocycles. The van der Waals surface area contributed by atoms with Crippen molar-refractivity contribution in [3.63, 3.8) is 0 Å². The smallest absolute Gasteiger partial charge is 0.462 e. The molecule has 0 fully saturated rings. The molecule has 0 heterocycles. The summed E-state index contributed by atoms with van der Waals surface area (Å²) in [5.41, 5.74) is 5.34. The quantitative estimate of drug-likeness (QED) is 0.0268. The average Bonchev–Trinajstić information content (AvgIpc) is 3.17. The van der Waals surface area contributed by atoms with Crippen molar-refractivity contribution < 1.29 is 37.6 Å². The van der Waals surface area contributed by atoms with E-state index in [9.17, 15) is 19.0 Å². The number of allylic oxidation sites excluding steroid dienone is 8. The van der Waals surface area contributed by atoms with Gasteiger partial charge in [0.1, 0.15) is 6.61 Å². The molecule has 0 saturated heterocycles. The first-order chi connectivity index (χ1) is 26.8. The molecule has 10 heteroatoms. The maximum atomic E-state index is 12.6. The van der Waals surface area contributed by atoms with Crippen LogP contribution in [0.4, 0.5) is 0 Å². The molecule has 1 unspecified atom stereocenters. The first-order valence-corrected chi connectivity index (χ1v) is 23.6. The van der Waals surface area contributed by atoms with Gasteiger partial charge >= 0.3 is 19.8 Å². The molecule has 0 aliphatic rings. The van der Waals surface area contributed by atoms with Crippen molar-refractivity contribution in [2.24, 2.45) is 5.73 Å². The largest absolute Gasteiger partial charge is 0.472 e. The predicted octanol–water partition coefficient (Wildman–Crippen LogP) is 12.7. The Kier molecular flexibility index (Phi) is 40.1. The van der Waals surface area contributed by atoms with E-state index in [4.69, 9.17) is 24.3 Å². The lowest BCUT2D eigenvalue weighted by Gasteiger charge is -2.19. The lowest BCUT2D eigenvalue weighted by Crippen LogP contribution is -2.29. The first kappa shape index (κ1) is 53.0. The van der Waals surface area contributed by atoms with Gasteiger partial charge in [-0.3, -0.25) is 18.6 Å². The van der Waals surface area contributed by atoms with E-state index in [1.165, 1.54) is 103 Å². The Bertz CT molecular complexity index is 1040. The lowest BCUT2D eigenvalue weighted by molar-refractivity contribution is -0.161. The van der Waals surface area contributed by atoms with Gasteiger partial charge < -0.3 is 20.1 Å². The molecule has 9 nitrogen and oxygen atoms in total. The zero-order valence-corrected chi connectivity index (χ0v) is 36.0. The number of hydrogen-bond acceptors (Lipinski definition) is 8. The minimum Gasteiger partial charge on any atom is -0.462 e. The van der Waals surface area contributed by atoms with Gasteiger partial charge in [-0.1, -0.05) is 159 Å². The molecule has 0 saturated carbocycles. The van der Waals surface area contributed by atoms with Crippen LogP contribution in [0, 0.1) is 0 Å². The summed E-state index contributed by atoms with van der Waals surface area (Å²) < 4.78 is 32.7. The van der Waals surface area contributed by atoms with Crippen LogP contribution in [0.15, 0.2) is 48.6 Å². The number of rotatable bonds is 41. The summed E-state index contributed by atoms with van der Waals surface area (Å²) in [6.07, 6.45) is 47.2. The van der Waals surface area contributed by atoms with Crippen molar-refractivity contribution >= 4 is 19.8 Å². The predicted molar refractivity (Wildman–Crippen MR) is 229 cm³/mol. The maximum absolute atomic E-state index is 12.6. The number of phosphoric ester groups is 1. The SMILES string of the molecule is CCCCCCCC/C=C/C/C=C/C/C=C/CCCC(=O)O[C@H](COC(=O)CCCCCCCCC/C=C/CCCCCCCC)COP(=O)(O)OCCN. The summed E-state index contributed by atoms with van der Waals surface area (Å²) in [5, 5.41) is 0. The van der Waals surface area contributed by atoms with Crippen molar-refractivity contribution in [3.8, 4) is 0 Å². The minimum absolute atomic E-state index is 0.0440. The number of esters is 2. The normalized spacial score (nSPS) is 13.7. The average molecular weight is 796 g/mol. The van der Waals surface area contributed by atoms with Crippen LogP contribution < -0.4 is 5.73 Å². The number of nitrogens with two attached hydrogens (primary N) is 1. The summed E-state index contributed by atoms with van der Waals surface area (Å²) in [6, 6.07) is 0. The van der Waals surface area contributed by atoms with Crippen LogP contribution in [0.1, 0.15) is 194 Å². The van der Waals surface area contributed by atoms with Gasteiger partial charge in [0.15, 0.2) is 6.10 Å². The van der Waals surface area contributed by atoms with E-state index in [0.29, 0.717) is 12.8 Å². The third kappa shape index (κ3) is 41.4. The van der Waals surface area contributed by atoms with Gasteiger partial charge in [0, 0.05) is 19.4 Å². The van der Waals surface area contributed by atoms with Crippen LogP contribution >= 0.6 is 7.82 Å². The summed E-state index contributed by atoms with van der Waals surface area (Å²) in [6.45, 7) is 3.66. The highest BCUT2D eigenvalue weighted by Gasteiger charge is 2.25. The zero-order chi connectivity index (χ0) is 40.3. The van der Waals surface area contributed by atoms with Gasteiger partial charge in [-0.25, -0.2) is 4.57 Å². The molecule has 0 rings (SSSR count). The third-order valence-corrected chi connectivity index (χ3v) is 10.2. The fourth-order valence-corrected chi connectivity index (χ4v) is 6.65. The number of hydrogen-bond donors (Lipinski definition) is 2. The van der Waals surface area contributed by atoms with Crippen LogP contribution in [0.3, 0.4) is 0 Å². The Labute approximate surface area is 336 Å². The van der Waals surface area contributed by atoms with Crippen molar-refractivity contribution in [2.75, 3.05) is 26.4 Å². The number of phosphoric acid groups is 1. The van der Waals surface area contributed by atoms with Gasteiger partial charge in [0.05, 0.1) is 13.2 Å². The van der Waals surface area contributed by atoms with E-state index in [0.717, 1.165) is 51.4 Å². The Morgan fingerprint density at radius 3 is 1.47 bits per heavy atom. The van der Waals surface area contributed by atoms with Gasteiger partial charge in [0.2, 0.25) is 0 Å². The molecule has 0 aromatic rings. The highest BCUT2D eigenvalue weighted by atomic mass is 31.2. The number of carbonyl (C=O) groups excluding carboxylic acids is 2. The van der Waals surface area contributed by atoms with E-state index in [2.05, 4.69) is 56.4 Å². The molecule has 0 aromatic carbocycles. The number of unbranched alkanes of at least 4 members (excludes halogenated alkanes) is 20. The Morgan fingerprint density at radius 2 is 0.964 bits per heavy atom. The van der Waals surface area contributed by atoms with Gasteiger partial charge in [-0.05, 0) is 70.6 Å². The molecule has 320 valence electrons. The Morgan fingerprint density at radius 1 is 0.545 bits per heavy atom. The molecule has 0 aliphatic heterocycles. The minimum atomic E-state index is -4.39. The van der Waals surface area contributed by atoms with Crippen LogP contribution in [0.5, 0.6) is 0 Å². The van der Waals surface area contributed by atoms with Gasteiger partial charge in [0.25, 0.3) is 0 Å². The second-order valence-electron chi connectivity index (χ2n) is 14.6. The fraction of sp³-hybridized carbons (Fsp3) is 0.778. The van der Waals surface area contributed by atoms with E-state index in [-0.39, 0.29) is 32.6 Å². The summed E-state index contributed by atoms with van der Waals surface area (Å²) in [5.74, 6) is -0.894. The van der Waals surface area contributed by atoms with Crippen LogP contribution in [0.25, 0.3) is 0 Å². The molecule has 0 bridgehead atoms. The second kappa shape index (κ2) is 41.6. The van der Waals surface area contributed by atoms with E-state index >= 15 is 0 Å². The highest BCUT2D eigenvalue weighted by Crippen LogP contribution is 2.43. The highest BCUT2D eigenvalue weighted by molar-refractivity contribution is 7.47. The lowest BCUT2D eigenvalue weighted by atomic mass is 10.1. The molecular weight excluding hydrogens is 713 g/mol. The van der Waals surface area contributed by atoms with Crippen molar-refractivity contribution in [3.05, 3.63) is 48.6 Å². The Balaban J connectivity index is 4.23. The molecular formula is C45H82NO8P. The van der Waals surface area contributed by atoms with E-state index < -0.39 is 32.5 Å². The fourth-order valence-electron chi connectivity index (χ4n) is 5.88. The van der Waals surface area contributed by atoms with Crippen LogP contribution in [0.2, 0.25) is 0 Å². The maximum Gasteiger partial charge on any atom is 0.472 e. The first-order valence-electron chi connectivity index (χ1n) is 22.1.